The Morgan fingerprint density at radius 1 is 1.05 bits per heavy atom. The summed E-state index contributed by atoms with van der Waals surface area (Å²) in [6.45, 7) is 0. The molecule has 1 aliphatic heterocycles. The maximum absolute atomic E-state index is 4.32. The molecule has 20 heavy (non-hydrogen) atoms. The molecule has 2 heterocycles. The van der Waals surface area contributed by atoms with Crippen molar-refractivity contribution in [1.82, 2.24) is 20.6 Å². The fourth-order valence-electron chi connectivity index (χ4n) is 2.10. The number of rotatable bonds is 2. The quantitative estimate of drug-likeness (QED) is 0.543. The van der Waals surface area contributed by atoms with Gasteiger partial charge in [0.25, 0.3) is 0 Å². The molecular weight excluding hydrogens is 254 g/mol. The number of anilines is 2. The van der Waals surface area contributed by atoms with Crippen molar-refractivity contribution >= 4 is 28.7 Å². The molecule has 0 aliphatic carbocycles. The van der Waals surface area contributed by atoms with Crippen LogP contribution >= 0.6 is 0 Å². The lowest BCUT2D eigenvalue weighted by Crippen LogP contribution is -2.34. The lowest BCUT2D eigenvalue weighted by Gasteiger charge is -2.10. The monoisotopic (exact) mass is 265 g/mol. The van der Waals surface area contributed by atoms with Crippen molar-refractivity contribution in [2.45, 2.75) is 0 Å². The summed E-state index contributed by atoms with van der Waals surface area (Å²) >= 11 is 0. The van der Waals surface area contributed by atoms with Gasteiger partial charge < -0.3 is 5.43 Å². The zero-order chi connectivity index (χ0) is 13.4. The fraction of sp³-hybridized carbons (Fsp3) is 0. The molecule has 0 bridgehead atoms. The van der Waals surface area contributed by atoms with Gasteiger partial charge in [0.15, 0.2) is 0 Å². The first-order valence-electron chi connectivity index (χ1n) is 6.17. The van der Waals surface area contributed by atoms with E-state index < -0.39 is 0 Å². The summed E-state index contributed by atoms with van der Waals surface area (Å²) < 4.78 is 0. The first-order valence-corrected chi connectivity index (χ1v) is 6.17. The molecule has 0 saturated carbocycles. The van der Waals surface area contributed by atoms with Gasteiger partial charge in [-0.2, -0.15) is 0 Å². The van der Waals surface area contributed by atoms with Crippen molar-refractivity contribution in [2.24, 2.45) is 5.10 Å². The number of nitrogens with one attached hydrogen (secondary N) is 2. The number of para-hydroxylation sites is 3. The molecule has 0 spiro atoms. The van der Waals surface area contributed by atoms with E-state index in [9.17, 15) is 0 Å². The molecule has 1 aliphatic rings. The van der Waals surface area contributed by atoms with Gasteiger partial charge in [0.05, 0.1) is 11.4 Å². The van der Waals surface area contributed by atoms with Gasteiger partial charge in [-0.15, -0.1) is 20.5 Å². The van der Waals surface area contributed by atoms with Crippen molar-refractivity contribution in [2.75, 3.05) is 10.4 Å². The second-order valence-corrected chi connectivity index (χ2v) is 4.32. The molecule has 1 aromatic heterocycles. The minimum atomic E-state index is 0.817. The minimum Gasteiger partial charge on any atom is -0.301 e. The summed E-state index contributed by atoms with van der Waals surface area (Å²) in [6, 6.07) is 15.6. The van der Waals surface area contributed by atoms with E-state index in [1.807, 2.05) is 48.5 Å². The first-order chi connectivity index (χ1) is 9.92. The second-order valence-electron chi connectivity index (χ2n) is 4.32. The highest BCUT2D eigenvalue weighted by Crippen LogP contribution is 2.26. The number of hydrogen-bond donors (Lipinski definition) is 2. The maximum atomic E-state index is 4.32. The number of nitrogens with zero attached hydrogens (tertiary/aromatic N) is 5. The third-order valence-corrected chi connectivity index (χ3v) is 3.09. The van der Waals surface area contributed by atoms with Crippen LogP contribution in [0, 0.1) is 0 Å². The first kappa shape index (κ1) is 10.9. The van der Waals surface area contributed by atoms with Crippen LogP contribution in [0.1, 0.15) is 0 Å². The van der Waals surface area contributed by atoms with Gasteiger partial charge in [-0.05, 0) is 29.5 Å². The van der Waals surface area contributed by atoms with Gasteiger partial charge in [-0.25, -0.2) is 5.01 Å². The Kier molecular flexibility index (Phi) is 2.36. The molecule has 0 radical (unpaired) electrons. The third kappa shape index (κ3) is 1.69. The molecule has 0 atom stereocenters. The molecule has 0 unspecified atom stereocenters. The van der Waals surface area contributed by atoms with Crippen LogP contribution in [0.5, 0.6) is 0 Å². The van der Waals surface area contributed by atoms with Crippen LogP contribution in [0.25, 0.3) is 11.0 Å². The van der Waals surface area contributed by atoms with Gasteiger partial charge in [0.2, 0.25) is 0 Å². The van der Waals surface area contributed by atoms with Gasteiger partial charge in [0, 0.05) is 0 Å². The molecule has 98 valence electrons. The van der Waals surface area contributed by atoms with E-state index in [0.717, 1.165) is 22.4 Å². The lowest BCUT2D eigenvalue weighted by atomic mass is 10.3. The summed E-state index contributed by atoms with van der Waals surface area (Å²) in [7, 11) is 0. The van der Waals surface area contributed by atoms with E-state index in [1.54, 1.807) is 11.3 Å². The van der Waals surface area contributed by atoms with Crippen molar-refractivity contribution < 1.29 is 0 Å². The molecule has 4 rings (SSSR count). The standard InChI is InChI=1S/C13H11N7/c1-3-7-12-10(5-1)15-17-19(12)9-14-20-13-8-4-2-6-11(13)16-18-20/h1-9,15,17H/b14-9+. The van der Waals surface area contributed by atoms with Crippen LogP contribution in [-0.2, 0) is 0 Å². The molecule has 0 saturated heterocycles. The normalized spacial score (nSPS) is 13.9. The number of hydrogen-bond acceptors (Lipinski definition) is 5. The predicted molar refractivity (Wildman–Crippen MR) is 77.1 cm³/mol. The van der Waals surface area contributed by atoms with Gasteiger partial charge in [-0.1, -0.05) is 24.3 Å². The molecule has 0 fully saturated rings. The number of aromatic nitrogens is 3. The Bertz CT molecular complexity index is 792. The van der Waals surface area contributed by atoms with E-state index in [-0.39, 0.29) is 0 Å². The zero-order valence-corrected chi connectivity index (χ0v) is 10.4. The van der Waals surface area contributed by atoms with E-state index >= 15 is 0 Å². The summed E-state index contributed by atoms with van der Waals surface area (Å²) in [4.78, 5) is 1.50. The number of fused-ring (bicyclic) bond motifs is 2. The zero-order valence-electron chi connectivity index (χ0n) is 10.4. The summed E-state index contributed by atoms with van der Waals surface area (Å²) in [5, 5.41) is 14.2. The predicted octanol–water partition coefficient (Wildman–Crippen LogP) is 1.57. The van der Waals surface area contributed by atoms with Crippen molar-refractivity contribution in [3.05, 3.63) is 48.5 Å². The average molecular weight is 265 g/mol. The molecular formula is C13H11N7. The maximum Gasteiger partial charge on any atom is 0.134 e. The Hall–Kier alpha value is -2.93. The van der Waals surface area contributed by atoms with Crippen LogP contribution < -0.4 is 16.0 Å². The highest BCUT2D eigenvalue weighted by atomic mass is 15.7. The SMILES string of the molecule is C(=N\n1nnc2ccccc21)/N1NNc2ccccc21. The van der Waals surface area contributed by atoms with Gasteiger partial charge >= 0.3 is 0 Å². The molecule has 7 nitrogen and oxygen atoms in total. The average Bonchev–Trinajstić information content (AvgIpc) is 3.09. The molecule has 0 amide bonds. The Morgan fingerprint density at radius 3 is 2.90 bits per heavy atom. The van der Waals surface area contributed by atoms with Gasteiger partial charge in [-0.3, -0.25) is 0 Å². The van der Waals surface area contributed by atoms with Crippen LogP contribution in [-0.4, -0.2) is 21.4 Å². The Labute approximate surface area is 114 Å². The molecule has 2 N–H and O–H groups in total. The summed E-state index contributed by atoms with van der Waals surface area (Å²) in [6.07, 6.45) is 1.65. The topological polar surface area (TPSA) is 70.4 Å². The minimum absolute atomic E-state index is 0.817. The Balaban J connectivity index is 1.67. The number of hydrazine groups is 2. The fourth-order valence-corrected chi connectivity index (χ4v) is 2.10. The van der Waals surface area contributed by atoms with Crippen molar-refractivity contribution in [3.8, 4) is 0 Å². The Morgan fingerprint density at radius 2 is 1.90 bits per heavy atom. The van der Waals surface area contributed by atoms with E-state index in [2.05, 4.69) is 26.4 Å². The van der Waals surface area contributed by atoms with Crippen LogP contribution in [0.3, 0.4) is 0 Å². The molecule has 7 heteroatoms. The largest absolute Gasteiger partial charge is 0.301 e. The number of benzene rings is 2. The second kappa shape index (κ2) is 4.32. The van der Waals surface area contributed by atoms with Gasteiger partial charge in [0.1, 0.15) is 17.4 Å². The molecule has 3 aromatic rings. The highest BCUT2D eigenvalue weighted by molar-refractivity contribution is 5.88. The van der Waals surface area contributed by atoms with Crippen molar-refractivity contribution in [3.63, 3.8) is 0 Å². The molecule has 2 aromatic carbocycles. The summed E-state index contributed by atoms with van der Waals surface area (Å²) in [5.74, 6) is 0. The van der Waals surface area contributed by atoms with Crippen LogP contribution in [0.4, 0.5) is 11.4 Å². The summed E-state index contributed by atoms with van der Waals surface area (Å²) in [5.41, 5.74) is 9.75. The van der Waals surface area contributed by atoms with Crippen molar-refractivity contribution in [1.29, 1.82) is 0 Å². The lowest BCUT2D eigenvalue weighted by molar-refractivity contribution is 0.712. The third-order valence-electron chi connectivity index (χ3n) is 3.09. The smallest absolute Gasteiger partial charge is 0.134 e. The van der Waals surface area contributed by atoms with Crippen LogP contribution in [0.15, 0.2) is 53.6 Å². The van der Waals surface area contributed by atoms with Crippen LogP contribution in [0.2, 0.25) is 0 Å². The van der Waals surface area contributed by atoms with E-state index in [1.165, 1.54) is 4.79 Å². The van der Waals surface area contributed by atoms with E-state index in [4.69, 9.17) is 0 Å². The highest BCUT2D eigenvalue weighted by Gasteiger charge is 2.15. The van der Waals surface area contributed by atoms with E-state index in [0.29, 0.717) is 0 Å².